The molecule has 0 saturated heterocycles. The van der Waals surface area contributed by atoms with E-state index in [2.05, 4.69) is 42.7 Å². The molecule has 0 radical (unpaired) electrons. The van der Waals surface area contributed by atoms with E-state index in [1.54, 1.807) is 0 Å². The van der Waals surface area contributed by atoms with Crippen molar-refractivity contribution in [3.05, 3.63) is 34.9 Å². The van der Waals surface area contributed by atoms with Gasteiger partial charge in [-0.05, 0) is 44.7 Å². The zero-order valence-corrected chi connectivity index (χ0v) is 14.4. The van der Waals surface area contributed by atoms with E-state index in [1.165, 1.54) is 11.1 Å². The van der Waals surface area contributed by atoms with Gasteiger partial charge in [-0.2, -0.15) is 0 Å². The fourth-order valence-corrected chi connectivity index (χ4v) is 3.25. The molecular weight excluding hydrogens is 288 g/mol. The first-order valence-electron chi connectivity index (χ1n) is 8.61. The Balaban J connectivity index is 1.75. The molecule has 1 aromatic carbocycles. The Morgan fingerprint density at radius 1 is 1.22 bits per heavy atom. The van der Waals surface area contributed by atoms with Crippen molar-refractivity contribution in [2.75, 3.05) is 6.54 Å². The highest BCUT2D eigenvalue weighted by atomic mass is 16.2. The van der Waals surface area contributed by atoms with Crippen LogP contribution in [0.1, 0.15) is 61.8 Å². The number of carbonyl (C=O) groups excluding carboxylic acids is 2. The third-order valence-electron chi connectivity index (χ3n) is 4.66. The van der Waals surface area contributed by atoms with Gasteiger partial charge in [0.15, 0.2) is 0 Å². The van der Waals surface area contributed by atoms with Gasteiger partial charge in [0.25, 0.3) is 0 Å². The highest BCUT2D eigenvalue weighted by Crippen LogP contribution is 2.24. The monoisotopic (exact) mass is 316 g/mol. The molecule has 0 unspecified atom stereocenters. The van der Waals surface area contributed by atoms with E-state index in [4.69, 9.17) is 0 Å². The number of nitrogens with one attached hydrogen (secondary N) is 2. The van der Waals surface area contributed by atoms with Crippen LogP contribution in [0.25, 0.3) is 0 Å². The van der Waals surface area contributed by atoms with Gasteiger partial charge in [0.1, 0.15) is 0 Å². The maximum Gasteiger partial charge on any atom is 0.223 e. The predicted molar refractivity (Wildman–Crippen MR) is 92.1 cm³/mol. The lowest BCUT2D eigenvalue weighted by Crippen LogP contribution is -2.34. The molecule has 4 nitrogen and oxygen atoms in total. The van der Waals surface area contributed by atoms with Crippen molar-refractivity contribution in [1.29, 1.82) is 0 Å². The van der Waals surface area contributed by atoms with Crippen LogP contribution in [0.4, 0.5) is 0 Å². The molecule has 23 heavy (non-hydrogen) atoms. The Bertz CT molecular complexity index is 562. The molecule has 1 aliphatic rings. The first kappa shape index (κ1) is 17.5. The van der Waals surface area contributed by atoms with Crippen LogP contribution in [-0.2, 0) is 9.59 Å². The van der Waals surface area contributed by atoms with Crippen molar-refractivity contribution in [3.63, 3.8) is 0 Å². The molecule has 2 amide bonds. The van der Waals surface area contributed by atoms with Crippen molar-refractivity contribution in [1.82, 2.24) is 10.6 Å². The van der Waals surface area contributed by atoms with Gasteiger partial charge in [-0.3, -0.25) is 9.59 Å². The molecule has 2 N–H and O–H groups in total. The van der Waals surface area contributed by atoms with E-state index < -0.39 is 0 Å². The van der Waals surface area contributed by atoms with Crippen LogP contribution in [0.3, 0.4) is 0 Å². The summed E-state index contributed by atoms with van der Waals surface area (Å²) in [6.45, 7) is 6.52. The van der Waals surface area contributed by atoms with Gasteiger partial charge >= 0.3 is 0 Å². The number of aryl methyl sites for hydroxylation is 2. The molecule has 0 spiro atoms. The molecule has 4 heteroatoms. The first-order chi connectivity index (χ1) is 11.0. The summed E-state index contributed by atoms with van der Waals surface area (Å²) in [5.41, 5.74) is 3.52. The summed E-state index contributed by atoms with van der Waals surface area (Å²) in [5.74, 6) is 0.245. The van der Waals surface area contributed by atoms with E-state index in [9.17, 15) is 9.59 Å². The Hall–Kier alpha value is -1.84. The van der Waals surface area contributed by atoms with Crippen LogP contribution in [-0.4, -0.2) is 18.4 Å². The molecule has 1 saturated carbocycles. The molecule has 0 aromatic heterocycles. The molecule has 126 valence electrons. The van der Waals surface area contributed by atoms with Gasteiger partial charge in [-0.25, -0.2) is 0 Å². The standard InChI is InChI=1S/C19H28N2O2/c1-13-8-9-14(2)17(12-13)15(3)21-18(22)10-11-20-19(23)16-6-4-5-7-16/h8-9,12,15-16H,4-7,10-11H2,1-3H3,(H,20,23)(H,21,22)/t15-/m1/s1. The molecule has 1 aliphatic carbocycles. The summed E-state index contributed by atoms with van der Waals surface area (Å²) < 4.78 is 0. The predicted octanol–water partition coefficient (Wildman–Crippen LogP) is 3.18. The summed E-state index contributed by atoms with van der Waals surface area (Å²) in [6, 6.07) is 6.25. The zero-order valence-electron chi connectivity index (χ0n) is 14.4. The Morgan fingerprint density at radius 3 is 2.61 bits per heavy atom. The second kappa shape index (κ2) is 8.14. The van der Waals surface area contributed by atoms with Gasteiger partial charge < -0.3 is 10.6 Å². The number of rotatable bonds is 6. The molecular formula is C19H28N2O2. The molecule has 0 bridgehead atoms. The molecule has 0 heterocycles. The Morgan fingerprint density at radius 2 is 1.91 bits per heavy atom. The minimum atomic E-state index is -0.0230. The highest BCUT2D eigenvalue weighted by Gasteiger charge is 2.22. The van der Waals surface area contributed by atoms with Gasteiger partial charge in [-0.1, -0.05) is 36.6 Å². The van der Waals surface area contributed by atoms with Gasteiger partial charge in [0, 0.05) is 18.9 Å². The lowest BCUT2D eigenvalue weighted by atomic mass is 10.00. The quantitative estimate of drug-likeness (QED) is 0.847. The van der Waals surface area contributed by atoms with Crippen LogP contribution in [0.5, 0.6) is 0 Å². The summed E-state index contributed by atoms with van der Waals surface area (Å²) in [4.78, 5) is 24.0. The van der Waals surface area contributed by atoms with Gasteiger partial charge in [0.2, 0.25) is 11.8 Å². The first-order valence-corrected chi connectivity index (χ1v) is 8.61. The van der Waals surface area contributed by atoms with Crippen LogP contribution in [0.15, 0.2) is 18.2 Å². The van der Waals surface area contributed by atoms with Crippen LogP contribution in [0, 0.1) is 19.8 Å². The summed E-state index contributed by atoms with van der Waals surface area (Å²) in [5, 5.41) is 5.91. The second-order valence-corrected chi connectivity index (χ2v) is 6.67. The molecule has 2 rings (SSSR count). The van der Waals surface area contributed by atoms with Crippen molar-refractivity contribution in [2.24, 2.45) is 5.92 Å². The zero-order chi connectivity index (χ0) is 16.8. The molecule has 1 aromatic rings. The van der Waals surface area contributed by atoms with Crippen molar-refractivity contribution >= 4 is 11.8 Å². The number of benzene rings is 1. The number of hydrogen-bond acceptors (Lipinski definition) is 2. The Labute approximate surface area is 139 Å². The van der Waals surface area contributed by atoms with Crippen molar-refractivity contribution < 1.29 is 9.59 Å². The van der Waals surface area contributed by atoms with Crippen LogP contribution < -0.4 is 10.6 Å². The summed E-state index contributed by atoms with van der Waals surface area (Å²) >= 11 is 0. The number of hydrogen-bond donors (Lipinski definition) is 2. The largest absolute Gasteiger partial charge is 0.355 e. The Kier molecular flexibility index (Phi) is 6.20. The minimum Gasteiger partial charge on any atom is -0.355 e. The third kappa shape index (κ3) is 5.08. The number of amides is 2. The average Bonchev–Trinajstić information content (AvgIpc) is 3.03. The highest BCUT2D eigenvalue weighted by molar-refractivity contribution is 5.80. The third-order valence-corrected chi connectivity index (χ3v) is 4.66. The molecule has 0 aliphatic heterocycles. The van der Waals surface area contributed by atoms with Crippen LogP contribution >= 0.6 is 0 Å². The van der Waals surface area contributed by atoms with E-state index in [1.807, 2.05) is 6.92 Å². The van der Waals surface area contributed by atoms with Crippen LogP contribution in [0.2, 0.25) is 0 Å². The summed E-state index contributed by atoms with van der Waals surface area (Å²) in [6.07, 6.45) is 4.59. The van der Waals surface area contributed by atoms with Crippen molar-refractivity contribution in [2.45, 2.75) is 58.9 Å². The smallest absolute Gasteiger partial charge is 0.223 e. The SMILES string of the molecule is Cc1ccc(C)c([C@@H](C)NC(=O)CCNC(=O)C2CCCC2)c1. The minimum absolute atomic E-state index is 0.0204. The van der Waals surface area contributed by atoms with Crippen molar-refractivity contribution in [3.8, 4) is 0 Å². The molecule has 1 fully saturated rings. The maximum absolute atomic E-state index is 12.1. The fraction of sp³-hybridized carbons (Fsp3) is 0.579. The number of carbonyl (C=O) groups is 2. The van der Waals surface area contributed by atoms with E-state index in [0.29, 0.717) is 13.0 Å². The fourth-order valence-electron chi connectivity index (χ4n) is 3.25. The lowest BCUT2D eigenvalue weighted by Gasteiger charge is -2.17. The van der Waals surface area contributed by atoms with Gasteiger partial charge in [0.05, 0.1) is 6.04 Å². The average molecular weight is 316 g/mol. The van der Waals surface area contributed by atoms with Gasteiger partial charge in [-0.15, -0.1) is 0 Å². The molecule has 1 atom stereocenters. The lowest BCUT2D eigenvalue weighted by molar-refractivity contribution is -0.125. The topological polar surface area (TPSA) is 58.2 Å². The second-order valence-electron chi connectivity index (χ2n) is 6.67. The van der Waals surface area contributed by atoms with E-state index in [-0.39, 0.29) is 23.8 Å². The maximum atomic E-state index is 12.1. The summed E-state index contributed by atoms with van der Waals surface area (Å²) in [7, 11) is 0. The normalized spacial score (nSPS) is 16.1. The van der Waals surface area contributed by atoms with E-state index >= 15 is 0 Å². The van der Waals surface area contributed by atoms with E-state index in [0.717, 1.165) is 31.2 Å².